The lowest BCUT2D eigenvalue weighted by atomic mass is 9.86. The zero-order valence-electron chi connectivity index (χ0n) is 13.1. The van der Waals surface area contributed by atoms with Crippen LogP contribution in [0.5, 0.6) is 0 Å². The van der Waals surface area contributed by atoms with Crippen molar-refractivity contribution in [1.82, 2.24) is 10.3 Å². The maximum atomic E-state index is 12.5. The Morgan fingerprint density at radius 1 is 1.19 bits per heavy atom. The molecule has 1 aromatic heterocycles. The smallest absolute Gasteiger partial charge is 0.267 e. The van der Waals surface area contributed by atoms with E-state index in [0.717, 1.165) is 17.3 Å². The van der Waals surface area contributed by atoms with Gasteiger partial charge in [-0.2, -0.15) is 0 Å². The summed E-state index contributed by atoms with van der Waals surface area (Å²) in [6, 6.07) is 6.55. The Bertz CT molecular complexity index is 671. The number of aromatic amines is 1. The lowest BCUT2D eigenvalue weighted by molar-refractivity contribution is 0.0906. The maximum Gasteiger partial charge on any atom is 0.267 e. The zero-order valence-corrected chi connectivity index (χ0v) is 13.1. The minimum Gasteiger partial charge on any atom is -0.351 e. The highest BCUT2D eigenvalue weighted by Crippen LogP contribution is 2.25. The Morgan fingerprint density at radius 2 is 1.95 bits per heavy atom. The van der Waals surface area contributed by atoms with Crippen LogP contribution in [0, 0.1) is 19.8 Å². The molecule has 1 amide bonds. The molecule has 2 aromatic rings. The number of carbonyl (C=O) groups is 1. The van der Waals surface area contributed by atoms with Crippen LogP contribution < -0.4 is 5.32 Å². The molecule has 2 N–H and O–H groups in total. The Labute approximate surface area is 126 Å². The molecule has 1 aromatic carbocycles. The molecule has 1 fully saturated rings. The fourth-order valence-corrected chi connectivity index (χ4v) is 3.50. The summed E-state index contributed by atoms with van der Waals surface area (Å²) in [5.41, 5.74) is 4.16. The summed E-state index contributed by atoms with van der Waals surface area (Å²) >= 11 is 0. The molecule has 1 aliphatic carbocycles. The van der Waals surface area contributed by atoms with Crippen molar-refractivity contribution in [2.45, 2.75) is 52.5 Å². The summed E-state index contributed by atoms with van der Waals surface area (Å²) in [5.74, 6) is 0.609. The van der Waals surface area contributed by atoms with Gasteiger partial charge in [0.25, 0.3) is 5.91 Å². The highest BCUT2D eigenvalue weighted by molar-refractivity contribution is 5.99. The van der Waals surface area contributed by atoms with Gasteiger partial charge in [0.1, 0.15) is 5.69 Å². The number of rotatable bonds is 2. The molecule has 0 saturated heterocycles. The Morgan fingerprint density at radius 3 is 2.71 bits per heavy atom. The molecule has 1 aliphatic rings. The summed E-state index contributed by atoms with van der Waals surface area (Å²) in [7, 11) is 0. The number of aromatic nitrogens is 1. The topological polar surface area (TPSA) is 44.9 Å². The second-order valence-corrected chi connectivity index (χ2v) is 6.57. The second-order valence-electron chi connectivity index (χ2n) is 6.57. The molecule has 0 aliphatic heterocycles. The number of fused-ring (bicyclic) bond motifs is 1. The number of H-pyrrole nitrogens is 1. The van der Waals surface area contributed by atoms with Crippen LogP contribution in [0.25, 0.3) is 10.9 Å². The number of hydrogen-bond donors (Lipinski definition) is 2. The first-order valence-corrected chi connectivity index (χ1v) is 7.95. The monoisotopic (exact) mass is 284 g/mol. The maximum absolute atomic E-state index is 12.5. The summed E-state index contributed by atoms with van der Waals surface area (Å²) in [6.07, 6.45) is 4.83. The molecule has 1 saturated carbocycles. The standard InChI is InChI=1S/C18H24N2O/c1-11-8-13(3)14-10-17(19-16(14)9-11)18(21)20-15-7-5-4-6-12(15)2/h8-10,12,15,19H,4-7H2,1-3H3,(H,20,21)/t12-,15+/m0/s1. The van der Waals surface area contributed by atoms with Gasteiger partial charge in [0.2, 0.25) is 0 Å². The van der Waals surface area contributed by atoms with Crippen molar-refractivity contribution in [3.8, 4) is 0 Å². The average Bonchev–Trinajstić information content (AvgIpc) is 2.85. The lowest BCUT2D eigenvalue weighted by Crippen LogP contribution is -2.41. The first kappa shape index (κ1) is 14.2. The Balaban J connectivity index is 1.83. The molecule has 0 unspecified atom stereocenters. The second kappa shape index (κ2) is 5.55. The van der Waals surface area contributed by atoms with Gasteiger partial charge in [-0.05, 0) is 55.9 Å². The third-order valence-electron chi connectivity index (χ3n) is 4.76. The molecular weight excluding hydrogens is 260 g/mol. The van der Waals surface area contributed by atoms with Crippen molar-refractivity contribution in [1.29, 1.82) is 0 Å². The summed E-state index contributed by atoms with van der Waals surface area (Å²) < 4.78 is 0. The fraction of sp³-hybridized carbons (Fsp3) is 0.500. The van der Waals surface area contributed by atoms with Crippen molar-refractivity contribution in [3.63, 3.8) is 0 Å². The van der Waals surface area contributed by atoms with Crippen molar-refractivity contribution in [3.05, 3.63) is 35.0 Å². The Kier molecular flexibility index (Phi) is 3.75. The minimum absolute atomic E-state index is 0.0296. The van der Waals surface area contributed by atoms with Gasteiger partial charge >= 0.3 is 0 Å². The third kappa shape index (κ3) is 2.82. The van der Waals surface area contributed by atoms with Gasteiger partial charge < -0.3 is 10.3 Å². The highest BCUT2D eigenvalue weighted by atomic mass is 16.1. The van der Waals surface area contributed by atoms with E-state index >= 15 is 0 Å². The van der Waals surface area contributed by atoms with Crippen molar-refractivity contribution in [2.24, 2.45) is 5.92 Å². The predicted molar refractivity (Wildman–Crippen MR) is 86.7 cm³/mol. The first-order valence-electron chi connectivity index (χ1n) is 7.95. The van der Waals surface area contributed by atoms with Gasteiger partial charge in [0.15, 0.2) is 0 Å². The highest BCUT2D eigenvalue weighted by Gasteiger charge is 2.23. The van der Waals surface area contributed by atoms with E-state index in [0.29, 0.717) is 17.7 Å². The van der Waals surface area contributed by atoms with E-state index in [9.17, 15) is 4.79 Å². The number of aryl methyl sites for hydroxylation is 2. The number of nitrogens with one attached hydrogen (secondary N) is 2. The SMILES string of the molecule is Cc1cc(C)c2cc(C(=O)N[C@@H]3CCCC[C@@H]3C)[nH]c2c1. The molecule has 112 valence electrons. The van der Waals surface area contributed by atoms with Crippen LogP contribution in [0.1, 0.15) is 54.2 Å². The van der Waals surface area contributed by atoms with E-state index in [1.807, 2.05) is 6.07 Å². The van der Waals surface area contributed by atoms with Gasteiger partial charge in [-0.3, -0.25) is 4.79 Å². The Hall–Kier alpha value is -1.77. The van der Waals surface area contributed by atoms with Crippen LogP contribution in [-0.4, -0.2) is 16.9 Å². The van der Waals surface area contributed by atoms with Crippen LogP contribution in [0.15, 0.2) is 18.2 Å². The van der Waals surface area contributed by atoms with E-state index in [4.69, 9.17) is 0 Å². The van der Waals surface area contributed by atoms with E-state index in [1.54, 1.807) is 0 Å². The molecule has 1 heterocycles. The van der Waals surface area contributed by atoms with Gasteiger partial charge in [-0.1, -0.05) is 25.8 Å². The molecule has 21 heavy (non-hydrogen) atoms. The van der Waals surface area contributed by atoms with Gasteiger partial charge in [-0.25, -0.2) is 0 Å². The van der Waals surface area contributed by atoms with Gasteiger partial charge in [-0.15, -0.1) is 0 Å². The fourth-order valence-electron chi connectivity index (χ4n) is 3.50. The van der Waals surface area contributed by atoms with E-state index in [2.05, 4.69) is 43.2 Å². The first-order chi connectivity index (χ1) is 10.0. The summed E-state index contributed by atoms with van der Waals surface area (Å²) in [6.45, 7) is 6.41. The quantitative estimate of drug-likeness (QED) is 0.857. The van der Waals surface area contributed by atoms with Crippen molar-refractivity contribution < 1.29 is 4.79 Å². The lowest BCUT2D eigenvalue weighted by Gasteiger charge is -2.29. The molecule has 3 heteroatoms. The van der Waals surface area contributed by atoms with E-state index in [1.165, 1.54) is 30.4 Å². The minimum atomic E-state index is 0.0296. The van der Waals surface area contributed by atoms with E-state index < -0.39 is 0 Å². The number of amides is 1. The van der Waals surface area contributed by atoms with Crippen LogP contribution in [0.3, 0.4) is 0 Å². The third-order valence-corrected chi connectivity index (χ3v) is 4.76. The zero-order chi connectivity index (χ0) is 15.0. The summed E-state index contributed by atoms with van der Waals surface area (Å²) in [4.78, 5) is 15.8. The van der Waals surface area contributed by atoms with Crippen LogP contribution in [0.4, 0.5) is 0 Å². The number of hydrogen-bond acceptors (Lipinski definition) is 1. The molecule has 3 nitrogen and oxygen atoms in total. The van der Waals surface area contributed by atoms with Crippen molar-refractivity contribution >= 4 is 16.8 Å². The number of carbonyl (C=O) groups excluding carboxylic acids is 1. The van der Waals surface area contributed by atoms with Crippen LogP contribution in [-0.2, 0) is 0 Å². The number of benzene rings is 1. The van der Waals surface area contributed by atoms with Crippen LogP contribution in [0.2, 0.25) is 0 Å². The van der Waals surface area contributed by atoms with E-state index in [-0.39, 0.29) is 5.91 Å². The molecule has 0 radical (unpaired) electrons. The molecule has 3 rings (SSSR count). The van der Waals surface area contributed by atoms with Gasteiger partial charge in [0.05, 0.1) is 0 Å². The predicted octanol–water partition coefficient (Wildman–Crippen LogP) is 4.09. The average molecular weight is 284 g/mol. The molecular formula is C18H24N2O. The van der Waals surface area contributed by atoms with Gasteiger partial charge in [0, 0.05) is 16.9 Å². The largest absolute Gasteiger partial charge is 0.351 e. The molecule has 2 atom stereocenters. The normalized spacial score (nSPS) is 22.4. The van der Waals surface area contributed by atoms with Crippen molar-refractivity contribution in [2.75, 3.05) is 0 Å². The van der Waals surface area contributed by atoms with Crippen LogP contribution >= 0.6 is 0 Å². The molecule has 0 bridgehead atoms. The summed E-state index contributed by atoms with van der Waals surface area (Å²) in [5, 5.41) is 4.35. The molecule has 0 spiro atoms.